The average Bonchev–Trinajstić information content (AvgIpc) is 3.14. The molecule has 2 heterocycles. The van der Waals surface area contributed by atoms with Crippen molar-refractivity contribution in [1.82, 2.24) is 10.6 Å². The Kier molecular flexibility index (Phi) is 5.49. The molecule has 5 heteroatoms. The number of hydrogen-bond donors (Lipinski definition) is 2. The van der Waals surface area contributed by atoms with Crippen molar-refractivity contribution < 1.29 is 13.9 Å². The van der Waals surface area contributed by atoms with Crippen LogP contribution in [0.2, 0.25) is 0 Å². The van der Waals surface area contributed by atoms with Crippen LogP contribution in [-0.2, 0) is 11.2 Å². The molecular weight excluding hydrogens is 304 g/mol. The zero-order chi connectivity index (χ0) is 17.0. The Balaban J connectivity index is 1.39. The molecule has 0 unspecified atom stereocenters. The van der Waals surface area contributed by atoms with Crippen molar-refractivity contribution in [3.8, 4) is 0 Å². The molecule has 24 heavy (non-hydrogen) atoms. The summed E-state index contributed by atoms with van der Waals surface area (Å²) in [5.41, 5.74) is 0.0406. The quantitative estimate of drug-likeness (QED) is 0.863. The van der Waals surface area contributed by atoms with Crippen LogP contribution < -0.4 is 10.6 Å². The number of aryl methyl sites for hydroxylation is 2. The summed E-state index contributed by atoms with van der Waals surface area (Å²) in [6.07, 6.45) is 8.38. The van der Waals surface area contributed by atoms with Crippen LogP contribution in [-0.4, -0.2) is 30.3 Å². The Hall–Kier alpha value is -1.49. The van der Waals surface area contributed by atoms with Crippen molar-refractivity contribution in [2.45, 2.75) is 82.9 Å². The van der Waals surface area contributed by atoms with Gasteiger partial charge in [-0.05, 0) is 58.1 Å². The van der Waals surface area contributed by atoms with Gasteiger partial charge in [-0.15, -0.1) is 0 Å². The molecule has 1 saturated heterocycles. The number of furan rings is 1. The number of carbonyl (C=O) groups is 1. The molecule has 3 rings (SSSR count). The van der Waals surface area contributed by atoms with E-state index >= 15 is 0 Å². The minimum absolute atomic E-state index is 0.0406. The normalized spacial score (nSPS) is 24.0. The number of nitrogens with one attached hydrogen (secondary N) is 2. The maximum atomic E-state index is 12.3. The van der Waals surface area contributed by atoms with Crippen LogP contribution >= 0.6 is 0 Å². The fourth-order valence-corrected chi connectivity index (χ4v) is 4.02. The van der Waals surface area contributed by atoms with E-state index in [4.69, 9.17) is 9.15 Å². The Morgan fingerprint density at radius 1 is 1.38 bits per heavy atom. The van der Waals surface area contributed by atoms with E-state index in [-0.39, 0.29) is 23.7 Å². The molecule has 2 amide bonds. The topological polar surface area (TPSA) is 63.5 Å². The van der Waals surface area contributed by atoms with Gasteiger partial charge in [-0.25, -0.2) is 4.79 Å². The molecule has 2 atom stereocenters. The van der Waals surface area contributed by atoms with Crippen molar-refractivity contribution in [1.29, 1.82) is 0 Å². The highest BCUT2D eigenvalue weighted by Gasteiger charge is 2.40. The molecule has 1 saturated carbocycles. The van der Waals surface area contributed by atoms with Crippen LogP contribution in [0.5, 0.6) is 0 Å². The lowest BCUT2D eigenvalue weighted by Crippen LogP contribution is -2.51. The first-order valence-electron chi connectivity index (χ1n) is 9.31. The third kappa shape index (κ3) is 4.53. The number of hydrogen-bond acceptors (Lipinski definition) is 3. The second-order valence-electron chi connectivity index (χ2n) is 7.50. The van der Waals surface area contributed by atoms with Gasteiger partial charge in [0.15, 0.2) is 0 Å². The van der Waals surface area contributed by atoms with Gasteiger partial charge in [-0.2, -0.15) is 0 Å². The van der Waals surface area contributed by atoms with Crippen LogP contribution in [0.3, 0.4) is 0 Å². The van der Waals surface area contributed by atoms with Crippen LogP contribution in [0.25, 0.3) is 0 Å². The Labute approximate surface area is 144 Å². The molecule has 1 aliphatic heterocycles. The van der Waals surface area contributed by atoms with Gasteiger partial charge in [0.05, 0.1) is 5.60 Å². The molecular formula is C19H30N2O3. The second-order valence-corrected chi connectivity index (χ2v) is 7.50. The summed E-state index contributed by atoms with van der Waals surface area (Å²) in [6.45, 7) is 4.75. The van der Waals surface area contributed by atoms with E-state index in [1.54, 1.807) is 0 Å². The standard InChI is InChI=1S/C19H30N2O3/c1-14(5-7-17-8-6-15(2)24-17)20-18(22)21-16-9-12-23-19(13-16)10-3-4-11-19/h6,8,14,16H,3-5,7,9-13H2,1-2H3,(H2,20,21,22)/t14-,16+/m0/s1. The summed E-state index contributed by atoms with van der Waals surface area (Å²) < 4.78 is 11.6. The molecule has 0 aromatic carbocycles. The number of rotatable bonds is 5. The lowest BCUT2D eigenvalue weighted by Gasteiger charge is -2.38. The van der Waals surface area contributed by atoms with Crippen LogP contribution in [0.1, 0.15) is 63.4 Å². The van der Waals surface area contributed by atoms with Gasteiger partial charge in [0, 0.05) is 25.1 Å². The molecule has 5 nitrogen and oxygen atoms in total. The molecule has 1 aromatic heterocycles. The summed E-state index contributed by atoms with van der Waals surface area (Å²) in [6, 6.07) is 4.28. The number of ether oxygens (including phenoxy) is 1. The molecule has 2 aliphatic rings. The predicted molar refractivity (Wildman–Crippen MR) is 93.1 cm³/mol. The molecule has 1 aliphatic carbocycles. The summed E-state index contributed by atoms with van der Waals surface area (Å²) >= 11 is 0. The van der Waals surface area contributed by atoms with E-state index in [1.165, 1.54) is 12.8 Å². The lowest BCUT2D eigenvalue weighted by atomic mass is 9.89. The van der Waals surface area contributed by atoms with Crippen LogP contribution in [0, 0.1) is 6.92 Å². The minimum Gasteiger partial charge on any atom is -0.466 e. The molecule has 1 spiro atoms. The van der Waals surface area contributed by atoms with Crippen molar-refractivity contribution in [2.24, 2.45) is 0 Å². The zero-order valence-corrected chi connectivity index (χ0v) is 14.9. The van der Waals surface area contributed by atoms with E-state index in [0.29, 0.717) is 0 Å². The van der Waals surface area contributed by atoms with E-state index < -0.39 is 0 Å². The molecule has 0 radical (unpaired) electrons. The minimum atomic E-state index is -0.0572. The van der Waals surface area contributed by atoms with Crippen molar-refractivity contribution >= 4 is 6.03 Å². The Bertz CT molecular complexity index is 549. The highest BCUT2D eigenvalue weighted by molar-refractivity contribution is 5.74. The van der Waals surface area contributed by atoms with Crippen LogP contribution in [0.15, 0.2) is 16.5 Å². The van der Waals surface area contributed by atoms with Gasteiger partial charge in [-0.3, -0.25) is 0 Å². The first kappa shape index (κ1) is 17.3. The third-order valence-electron chi connectivity index (χ3n) is 5.34. The summed E-state index contributed by atoms with van der Waals surface area (Å²) in [7, 11) is 0. The molecule has 134 valence electrons. The largest absolute Gasteiger partial charge is 0.466 e. The number of carbonyl (C=O) groups excluding carboxylic acids is 1. The van der Waals surface area contributed by atoms with Crippen LogP contribution in [0.4, 0.5) is 4.79 Å². The van der Waals surface area contributed by atoms with Gasteiger partial charge >= 0.3 is 6.03 Å². The summed E-state index contributed by atoms with van der Waals surface area (Å²) in [5, 5.41) is 6.20. The van der Waals surface area contributed by atoms with Crippen molar-refractivity contribution in [2.75, 3.05) is 6.61 Å². The van der Waals surface area contributed by atoms with Crippen molar-refractivity contribution in [3.63, 3.8) is 0 Å². The van der Waals surface area contributed by atoms with E-state index in [2.05, 4.69) is 10.6 Å². The first-order valence-corrected chi connectivity index (χ1v) is 9.31. The summed E-state index contributed by atoms with van der Waals surface area (Å²) in [4.78, 5) is 12.3. The molecule has 2 N–H and O–H groups in total. The van der Waals surface area contributed by atoms with E-state index in [1.807, 2.05) is 26.0 Å². The Morgan fingerprint density at radius 3 is 2.88 bits per heavy atom. The molecule has 2 fully saturated rings. The highest BCUT2D eigenvalue weighted by atomic mass is 16.5. The van der Waals surface area contributed by atoms with Gasteiger partial charge in [-0.1, -0.05) is 12.8 Å². The maximum Gasteiger partial charge on any atom is 0.315 e. The third-order valence-corrected chi connectivity index (χ3v) is 5.34. The van der Waals surface area contributed by atoms with E-state index in [9.17, 15) is 4.79 Å². The van der Waals surface area contributed by atoms with Gasteiger partial charge in [0.25, 0.3) is 0 Å². The SMILES string of the molecule is Cc1ccc(CC[C@H](C)NC(=O)N[C@@H]2CCOC3(CCCC3)C2)o1. The van der Waals surface area contributed by atoms with E-state index in [0.717, 1.165) is 56.7 Å². The predicted octanol–water partition coefficient (Wildman–Crippen LogP) is 3.70. The number of amides is 2. The fourth-order valence-electron chi connectivity index (χ4n) is 4.02. The second kappa shape index (κ2) is 7.60. The summed E-state index contributed by atoms with van der Waals surface area (Å²) in [5.74, 6) is 1.91. The first-order chi connectivity index (χ1) is 11.5. The number of urea groups is 1. The molecule has 1 aromatic rings. The Morgan fingerprint density at radius 2 is 2.17 bits per heavy atom. The lowest BCUT2D eigenvalue weighted by molar-refractivity contribution is -0.0820. The molecule has 0 bridgehead atoms. The zero-order valence-electron chi connectivity index (χ0n) is 14.9. The van der Waals surface area contributed by atoms with Gasteiger partial charge < -0.3 is 19.8 Å². The smallest absolute Gasteiger partial charge is 0.315 e. The fraction of sp³-hybridized carbons (Fsp3) is 0.737. The highest BCUT2D eigenvalue weighted by Crippen LogP contribution is 2.39. The van der Waals surface area contributed by atoms with Gasteiger partial charge in [0.2, 0.25) is 0 Å². The van der Waals surface area contributed by atoms with Crippen molar-refractivity contribution in [3.05, 3.63) is 23.7 Å². The monoisotopic (exact) mass is 334 g/mol. The maximum absolute atomic E-state index is 12.3. The average molecular weight is 334 g/mol. The van der Waals surface area contributed by atoms with Gasteiger partial charge in [0.1, 0.15) is 11.5 Å².